The fraction of sp³-hybridized carbons (Fsp3) is 0.581. The number of aromatic nitrogens is 3. The maximum atomic E-state index is 13.0. The number of anilines is 3. The number of amides is 2. The zero-order valence-corrected chi connectivity index (χ0v) is 26.1. The van der Waals surface area contributed by atoms with Crippen molar-refractivity contribution < 1.29 is 19.1 Å². The molecule has 1 aliphatic heterocycles. The lowest BCUT2D eigenvalue weighted by Gasteiger charge is -2.27. The van der Waals surface area contributed by atoms with Crippen molar-refractivity contribution in [2.75, 3.05) is 71.7 Å². The van der Waals surface area contributed by atoms with Gasteiger partial charge in [-0.3, -0.25) is 9.59 Å². The average molecular weight is 595 g/mol. The second kappa shape index (κ2) is 17.9. The van der Waals surface area contributed by atoms with E-state index in [1.54, 1.807) is 43.6 Å². The van der Waals surface area contributed by atoms with Gasteiger partial charge in [0.15, 0.2) is 0 Å². The van der Waals surface area contributed by atoms with E-state index in [0.29, 0.717) is 68.7 Å². The van der Waals surface area contributed by atoms with Gasteiger partial charge in [-0.25, -0.2) is 9.97 Å². The van der Waals surface area contributed by atoms with Gasteiger partial charge in [0, 0.05) is 63.6 Å². The SMILES string of the molecule is COCCCNc1nc(Nc2ccnc(OC)c2)ncc1C#CCCCNC(=O)[C@@H]1CCCN1C(=O)C(C)CCN(C)C. The van der Waals surface area contributed by atoms with E-state index in [1.165, 1.54) is 0 Å². The van der Waals surface area contributed by atoms with Crippen LogP contribution in [0.4, 0.5) is 17.5 Å². The number of carbonyl (C=O) groups excluding carboxylic acids is 2. The minimum absolute atomic E-state index is 0.0703. The standard InChI is InChI=1S/C31H46N8O4/c1-23(14-19-38(2)3)30(41)39-18-9-12-26(39)29(40)34-15-8-6-7-11-24-22-35-31(37-28(24)33-16-10-20-42-4)36-25-13-17-32-27(21-25)43-5/h13,17,21-23,26H,6,8-10,12,14-16,18-20H2,1-5H3,(H,34,40)(H2,32,33,35,36,37)/t23?,26-/m0/s1. The van der Waals surface area contributed by atoms with Crippen molar-refractivity contribution in [2.45, 2.75) is 51.5 Å². The first kappa shape index (κ1) is 33.6. The summed E-state index contributed by atoms with van der Waals surface area (Å²) in [6, 6.07) is 3.18. The van der Waals surface area contributed by atoms with Crippen LogP contribution in [0.1, 0.15) is 51.0 Å². The van der Waals surface area contributed by atoms with Gasteiger partial charge in [-0.05, 0) is 58.8 Å². The van der Waals surface area contributed by atoms with Crippen LogP contribution >= 0.6 is 0 Å². The molecule has 1 fully saturated rings. The molecule has 0 bridgehead atoms. The van der Waals surface area contributed by atoms with Gasteiger partial charge in [-0.1, -0.05) is 18.8 Å². The lowest BCUT2D eigenvalue weighted by atomic mass is 10.1. The van der Waals surface area contributed by atoms with E-state index in [0.717, 1.165) is 31.5 Å². The summed E-state index contributed by atoms with van der Waals surface area (Å²) in [4.78, 5) is 42.9. The zero-order valence-electron chi connectivity index (χ0n) is 26.1. The van der Waals surface area contributed by atoms with E-state index in [4.69, 9.17) is 9.47 Å². The summed E-state index contributed by atoms with van der Waals surface area (Å²) in [6.45, 7) is 5.24. The Bertz CT molecular complexity index is 1250. The number of nitrogens with zero attached hydrogens (tertiary/aromatic N) is 5. The minimum Gasteiger partial charge on any atom is -0.481 e. The highest BCUT2D eigenvalue weighted by Crippen LogP contribution is 2.22. The van der Waals surface area contributed by atoms with Gasteiger partial charge >= 0.3 is 0 Å². The minimum atomic E-state index is -0.385. The Labute approximate surface area is 255 Å². The smallest absolute Gasteiger partial charge is 0.242 e. The number of nitrogens with one attached hydrogen (secondary N) is 3. The first-order valence-corrected chi connectivity index (χ1v) is 14.9. The van der Waals surface area contributed by atoms with Crippen molar-refractivity contribution in [3.05, 3.63) is 30.1 Å². The normalized spacial score (nSPS) is 15.0. The number of likely N-dealkylation sites (tertiary alicyclic amines) is 1. The van der Waals surface area contributed by atoms with Crippen LogP contribution in [0.3, 0.4) is 0 Å². The Morgan fingerprint density at radius 2 is 2.05 bits per heavy atom. The zero-order chi connectivity index (χ0) is 31.0. The Hall–Kier alpha value is -3.95. The summed E-state index contributed by atoms with van der Waals surface area (Å²) in [6.07, 6.45) is 7.77. The van der Waals surface area contributed by atoms with E-state index in [-0.39, 0.29) is 23.8 Å². The topological polar surface area (TPSA) is 134 Å². The monoisotopic (exact) mass is 594 g/mol. The van der Waals surface area contributed by atoms with Crippen LogP contribution in [0.15, 0.2) is 24.5 Å². The van der Waals surface area contributed by atoms with E-state index in [9.17, 15) is 9.59 Å². The predicted molar refractivity (Wildman–Crippen MR) is 167 cm³/mol. The fourth-order valence-electron chi connectivity index (χ4n) is 4.64. The van der Waals surface area contributed by atoms with Gasteiger partial charge in [0.2, 0.25) is 23.6 Å². The Morgan fingerprint density at radius 1 is 1.21 bits per heavy atom. The molecular formula is C31H46N8O4. The number of hydrogen-bond acceptors (Lipinski definition) is 10. The molecule has 3 heterocycles. The Morgan fingerprint density at radius 3 is 2.81 bits per heavy atom. The molecule has 2 atom stereocenters. The van der Waals surface area contributed by atoms with E-state index in [1.807, 2.05) is 21.0 Å². The molecule has 0 radical (unpaired) electrons. The average Bonchev–Trinajstić information content (AvgIpc) is 3.50. The van der Waals surface area contributed by atoms with Crippen LogP contribution in [0, 0.1) is 17.8 Å². The van der Waals surface area contributed by atoms with E-state index >= 15 is 0 Å². The van der Waals surface area contributed by atoms with Crippen molar-refractivity contribution in [3.63, 3.8) is 0 Å². The molecule has 1 unspecified atom stereocenters. The first-order valence-electron chi connectivity index (χ1n) is 14.9. The molecule has 1 saturated heterocycles. The number of pyridine rings is 1. The van der Waals surface area contributed by atoms with Crippen LogP contribution in [0.2, 0.25) is 0 Å². The second-order valence-corrected chi connectivity index (χ2v) is 10.8. The number of methoxy groups -OCH3 is 2. The number of hydrogen-bond donors (Lipinski definition) is 3. The largest absolute Gasteiger partial charge is 0.481 e. The lowest BCUT2D eigenvalue weighted by molar-refractivity contribution is -0.141. The third kappa shape index (κ3) is 11.0. The Balaban J connectivity index is 1.53. The van der Waals surface area contributed by atoms with Gasteiger partial charge in [-0.15, -0.1) is 0 Å². The quantitative estimate of drug-likeness (QED) is 0.197. The van der Waals surface area contributed by atoms with Crippen LogP contribution in [-0.4, -0.2) is 104 Å². The highest BCUT2D eigenvalue weighted by molar-refractivity contribution is 5.89. The number of carbonyl (C=O) groups is 2. The molecule has 0 saturated carbocycles. The van der Waals surface area contributed by atoms with Gasteiger partial charge < -0.3 is 35.2 Å². The molecular weight excluding hydrogens is 548 g/mol. The van der Waals surface area contributed by atoms with Crippen molar-refractivity contribution >= 4 is 29.3 Å². The van der Waals surface area contributed by atoms with Gasteiger partial charge in [-0.2, -0.15) is 4.98 Å². The summed E-state index contributed by atoms with van der Waals surface area (Å²) < 4.78 is 10.3. The highest BCUT2D eigenvalue weighted by atomic mass is 16.5. The number of unbranched alkanes of at least 4 members (excludes halogenated alkanes) is 1. The number of rotatable bonds is 16. The van der Waals surface area contributed by atoms with Gasteiger partial charge in [0.05, 0.1) is 18.9 Å². The van der Waals surface area contributed by atoms with Crippen LogP contribution < -0.4 is 20.7 Å². The summed E-state index contributed by atoms with van der Waals surface area (Å²) in [5, 5.41) is 9.51. The van der Waals surface area contributed by atoms with Crippen LogP contribution in [-0.2, 0) is 14.3 Å². The molecule has 0 aliphatic carbocycles. The Kier molecular flexibility index (Phi) is 14.0. The molecule has 2 aromatic heterocycles. The molecule has 0 spiro atoms. The van der Waals surface area contributed by atoms with Crippen molar-refractivity contribution in [3.8, 4) is 17.7 Å². The van der Waals surface area contributed by atoms with Crippen molar-refractivity contribution in [2.24, 2.45) is 5.92 Å². The summed E-state index contributed by atoms with van der Waals surface area (Å²) in [5.74, 6) is 7.77. The summed E-state index contributed by atoms with van der Waals surface area (Å²) >= 11 is 0. The van der Waals surface area contributed by atoms with Gasteiger partial charge in [0.1, 0.15) is 11.9 Å². The first-order chi connectivity index (χ1) is 20.8. The maximum absolute atomic E-state index is 13.0. The maximum Gasteiger partial charge on any atom is 0.242 e. The lowest BCUT2D eigenvalue weighted by Crippen LogP contribution is -2.47. The predicted octanol–water partition coefficient (Wildman–Crippen LogP) is 2.90. The molecule has 3 rings (SSSR count). The molecule has 0 aromatic carbocycles. The molecule has 2 aromatic rings. The summed E-state index contributed by atoms with van der Waals surface area (Å²) in [5.41, 5.74) is 1.44. The second-order valence-electron chi connectivity index (χ2n) is 10.8. The third-order valence-electron chi connectivity index (χ3n) is 7.08. The fourth-order valence-corrected chi connectivity index (χ4v) is 4.64. The molecule has 234 valence electrons. The van der Waals surface area contributed by atoms with E-state index in [2.05, 4.69) is 47.6 Å². The van der Waals surface area contributed by atoms with Crippen molar-refractivity contribution in [1.29, 1.82) is 0 Å². The van der Waals surface area contributed by atoms with Crippen LogP contribution in [0.25, 0.3) is 0 Å². The van der Waals surface area contributed by atoms with Crippen molar-refractivity contribution in [1.82, 2.24) is 30.1 Å². The third-order valence-corrected chi connectivity index (χ3v) is 7.08. The van der Waals surface area contributed by atoms with E-state index < -0.39 is 0 Å². The molecule has 43 heavy (non-hydrogen) atoms. The molecule has 1 aliphatic rings. The van der Waals surface area contributed by atoms with Gasteiger partial charge in [0.25, 0.3) is 0 Å². The molecule has 3 N–H and O–H groups in total. The molecule has 12 heteroatoms. The molecule has 12 nitrogen and oxygen atoms in total. The molecule has 2 amide bonds. The summed E-state index contributed by atoms with van der Waals surface area (Å²) in [7, 11) is 7.23. The highest BCUT2D eigenvalue weighted by Gasteiger charge is 2.35. The number of ether oxygens (including phenoxy) is 2. The van der Waals surface area contributed by atoms with Crippen LogP contribution in [0.5, 0.6) is 5.88 Å².